The van der Waals surface area contributed by atoms with Crippen LogP contribution in [-0.2, 0) is 22.6 Å². The number of aromatic nitrogens is 2. The molecule has 0 aromatic carbocycles. The zero-order valence-corrected chi connectivity index (χ0v) is 19.8. The topological polar surface area (TPSA) is 99.8 Å². The van der Waals surface area contributed by atoms with Crippen molar-refractivity contribution in [1.82, 2.24) is 14.9 Å². The van der Waals surface area contributed by atoms with Crippen molar-refractivity contribution in [3.05, 3.63) is 35.5 Å². The van der Waals surface area contributed by atoms with Gasteiger partial charge >= 0.3 is 0 Å². The first-order valence-corrected chi connectivity index (χ1v) is 12.0. The van der Waals surface area contributed by atoms with Crippen molar-refractivity contribution in [2.45, 2.75) is 65.5 Å². The SMILES string of the molecule is CC(=O)NC1C[C@@H]2CC(C(=O)Nc3cc(-c4cc(C#N)n5c4CC(C)(C)C5)c(F)cn3)C[C@@H]2C1. The van der Waals surface area contributed by atoms with E-state index >= 15 is 0 Å². The highest BCUT2D eigenvalue weighted by Gasteiger charge is 2.44. The molecular weight excluding hydrogens is 433 g/mol. The highest BCUT2D eigenvalue weighted by atomic mass is 19.1. The number of pyridine rings is 1. The Labute approximate surface area is 198 Å². The van der Waals surface area contributed by atoms with Crippen LogP contribution < -0.4 is 10.6 Å². The molecule has 8 heteroatoms. The summed E-state index contributed by atoms with van der Waals surface area (Å²) in [4.78, 5) is 28.5. The number of hydrogen-bond donors (Lipinski definition) is 2. The van der Waals surface area contributed by atoms with Gasteiger partial charge in [0, 0.05) is 42.2 Å². The van der Waals surface area contributed by atoms with Gasteiger partial charge in [0.15, 0.2) is 0 Å². The average Bonchev–Trinajstić information content (AvgIpc) is 3.47. The van der Waals surface area contributed by atoms with E-state index in [9.17, 15) is 19.2 Å². The van der Waals surface area contributed by atoms with Gasteiger partial charge in [-0.15, -0.1) is 0 Å². The molecule has 5 rings (SSSR count). The van der Waals surface area contributed by atoms with E-state index in [2.05, 4.69) is 35.5 Å². The molecule has 34 heavy (non-hydrogen) atoms. The van der Waals surface area contributed by atoms with E-state index in [-0.39, 0.29) is 29.2 Å². The van der Waals surface area contributed by atoms with Crippen LogP contribution in [0.3, 0.4) is 0 Å². The summed E-state index contributed by atoms with van der Waals surface area (Å²) < 4.78 is 16.8. The minimum Gasteiger partial charge on any atom is -0.354 e. The van der Waals surface area contributed by atoms with Gasteiger partial charge in [0.05, 0.1) is 6.20 Å². The summed E-state index contributed by atoms with van der Waals surface area (Å²) >= 11 is 0. The number of carbonyl (C=O) groups is 2. The summed E-state index contributed by atoms with van der Waals surface area (Å²) in [7, 11) is 0. The molecule has 0 saturated heterocycles. The number of nitrogens with one attached hydrogen (secondary N) is 2. The number of anilines is 1. The van der Waals surface area contributed by atoms with Gasteiger partial charge in [-0.2, -0.15) is 5.26 Å². The molecule has 0 radical (unpaired) electrons. The molecule has 0 spiro atoms. The Balaban J connectivity index is 1.31. The summed E-state index contributed by atoms with van der Waals surface area (Å²) in [6, 6.07) is 5.75. The van der Waals surface area contributed by atoms with Crippen molar-refractivity contribution < 1.29 is 14.0 Å². The molecule has 2 aliphatic carbocycles. The maximum absolute atomic E-state index is 14.9. The summed E-state index contributed by atoms with van der Waals surface area (Å²) in [5.41, 5.74) is 2.51. The maximum Gasteiger partial charge on any atom is 0.228 e. The smallest absolute Gasteiger partial charge is 0.228 e. The highest BCUT2D eigenvalue weighted by Crippen LogP contribution is 2.47. The largest absolute Gasteiger partial charge is 0.354 e. The average molecular weight is 464 g/mol. The van der Waals surface area contributed by atoms with Crippen molar-refractivity contribution in [2.24, 2.45) is 23.2 Å². The third-order valence-electron chi connectivity index (χ3n) is 7.75. The quantitative estimate of drug-likeness (QED) is 0.715. The van der Waals surface area contributed by atoms with Crippen molar-refractivity contribution >= 4 is 17.6 Å². The molecule has 3 heterocycles. The number of amides is 2. The second-order valence-electron chi connectivity index (χ2n) is 11.0. The third kappa shape index (κ3) is 4.08. The molecule has 2 N–H and O–H groups in total. The normalized spacial score (nSPS) is 26.6. The molecule has 2 unspecified atom stereocenters. The van der Waals surface area contributed by atoms with Crippen molar-refractivity contribution in [2.75, 3.05) is 5.32 Å². The number of halogens is 1. The van der Waals surface area contributed by atoms with Crippen LogP contribution >= 0.6 is 0 Å². The zero-order chi connectivity index (χ0) is 24.2. The fraction of sp³-hybridized carbons (Fsp3) is 0.538. The first-order valence-electron chi connectivity index (χ1n) is 12.0. The molecule has 0 bridgehead atoms. The summed E-state index contributed by atoms with van der Waals surface area (Å²) in [5.74, 6) is 0.550. The number of rotatable bonds is 4. The Hall–Kier alpha value is -3.21. The lowest BCUT2D eigenvalue weighted by Gasteiger charge is -2.16. The van der Waals surface area contributed by atoms with Crippen LogP contribution in [0.5, 0.6) is 0 Å². The van der Waals surface area contributed by atoms with Gasteiger partial charge in [-0.05, 0) is 61.5 Å². The van der Waals surface area contributed by atoms with E-state index < -0.39 is 5.82 Å². The fourth-order valence-electron chi connectivity index (χ4n) is 6.40. The van der Waals surface area contributed by atoms with E-state index in [0.717, 1.165) is 44.0 Å². The molecule has 2 fully saturated rings. The Morgan fingerprint density at radius 3 is 2.53 bits per heavy atom. The van der Waals surface area contributed by atoms with Crippen LogP contribution in [0.4, 0.5) is 10.2 Å². The van der Waals surface area contributed by atoms with Gasteiger partial charge in [0.25, 0.3) is 0 Å². The lowest BCUT2D eigenvalue weighted by Crippen LogP contribution is -2.31. The minimum atomic E-state index is -0.472. The number of nitriles is 1. The lowest BCUT2D eigenvalue weighted by molar-refractivity contribution is -0.121. The van der Waals surface area contributed by atoms with Gasteiger partial charge < -0.3 is 15.2 Å². The summed E-state index contributed by atoms with van der Waals surface area (Å²) in [6.07, 6.45) is 5.33. The molecule has 2 aromatic rings. The van der Waals surface area contributed by atoms with E-state index in [0.29, 0.717) is 41.0 Å². The van der Waals surface area contributed by atoms with Crippen LogP contribution in [-0.4, -0.2) is 27.4 Å². The highest BCUT2D eigenvalue weighted by molar-refractivity contribution is 5.92. The predicted molar refractivity (Wildman–Crippen MR) is 125 cm³/mol. The van der Waals surface area contributed by atoms with Gasteiger partial charge in [0.1, 0.15) is 23.4 Å². The number of nitrogens with zero attached hydrogens (tertiary/aromatic N) is 3. The van der Waals surface area contributed by atoms with Crippen molar-refractivity contribution in [1.29, 1.82) is 5.26 Å². The molecule has 7 nitrogen and oxygen atoms in total. The second kappa shape index (κ2) is 8.23. The standard InChI is InChI=1S/C26H30FN5O2/c1-14(33)30-18-6-15-4-17(5-16(15)7-18)25(34)31-24-9-20(22(27)12-29-24)21-8-19(11-28)32-13-26(2,3)10-23(21)32/h8-9,12,15-18H,4-7,10,13H2,1-3H3,(H,30,33)(H,29,31,34)/t15-,16+,17?,18?. The minimum absolute atomic E-state index is 0.00299. The Morgan fingerprint density at radius 2 is 1.88 bits per heavy atom. The predicted octanol–water partition coefficient (Wildman–Crippen LogP) is 4.02. The molecule has 2 saturated carbocycles. The van der Waals surface area contributed by atoms with Crippen LogP contribution in [0.1, 0.15) is 57.8 Å². The van der Waals surface area contributed by atoms with Crippen molar-refractivity contribution in [3.63, 3.8) is 0 Å². The molecule has 4 atom stereocenters. The Bertz CT molecular complexity index is 1200. The zero-order valence-electron chi connectivity index (χ0n) is 19.8. The first kappa shape index (κ1) is 22.6. The van der Waals surface area contributed by atoms with E-state index in [1.807, 2.05) is 4.57 Å². The third-order valence-corrected chi connectivity index (χ3v) is 7.75. The fourth-order valence-corrected chi connectivity index (χ4v) is 6.40. The molecule has 2 amide bonds. The van der Waals surface area contributed by atoms with Gasteiger partial charge in [-0.1, -0.05) is 13.8 Å². The van der Waals surface area contributed by atoms with Crippen LogP contribution in [0, 0.1) is 40.3 Å². The monoisotopic (exact) mass is 463 g/mol. The number of carbonyl (C=O) groups excluding carboxylic acids is 2. The molecule has 178 valence electrons. The number of hydrogen-bond acceptors (Lipinski definition) is 4. The maximum atomic E-state index is 14.9. The van der Waals surface area contributed by atoms with Crippen molar-refractivity contribution in [3.8, 4) is 17.2 Å². The molecule has 3 aliphatic rings. The Morgan fingerprint density at radius 1 is 1.18 bits per heavy atom. The van der Waals surface area contributed by atoms with Gasteiger partial charge in [-0.3, -0.25) is 9.59 Å². The molecular formula is C26H30FN5O2. The molecule has 2 aromatic heterocycles. The van der Waals surface area contributed by atoms with E-state index in [1.165, 1.54) is 0 Å². The van der Waals surface area contributed by atoms with Crippen LogP contribution in [0.25, 0.3) is 11.1 Å². The van der Waals surface area contributed by atoms with Crippen LogP contribution in [0.2, 0.25) is 0 Å². The van der Waals surface area contributed by atoms with Gasteiger partial charge in [-0.25, -0.2) is 9.37 Å². The number of fused-ring (bicyclic) bond motifs is 2. The van der Waals surface area contributed by atoms with E-state index in [4.69, 9.17) is 0 Å². The summed E-state index contributed by atoms with van der Waals surface area (Å²) in [6.45, 7) is 6.52. The second-order valence-corrected chi connectivity index (χ2v) is 11.0. The van der Waals surface area contributed by atoms with Crippen LogP contribution in [0.15, 0.2) is 18.3 Å². The Kier molecular flexibility index (Phi) is 5.46. The lowest BCUT2D eigenvalue weighted by atomic mass is 9.89. The van der Waals surface area contributed by atoms with Gasteiger partial charge in [0.2, 0.25) is 11.8 Å². The molecule has 1 aliphatic heterocycles. The van der Waals surface area contributed by atoms with E-state index in [1.54, 1.807) is 19.1 Å². The first-order chi connectivity index (χ1) is 16.1. The summed E-state index contributed by atoms with van der Waals surface area (Å²) in [5, 5.41) is 15.5.